The van der Waals surface area contributed by atoms with Crippen LogP contribution < -0.4 is 24.3 Å². The number of anilines is 1. The largest absolute Gasteiger partial charge is 0.493 e. The van der Waals surface area contributed by atoms with E-state index in [1.807, 2.05) is 48.5 Å². The van der Waals surface area contributed by atoms with Crippen molar-refractivity contribution in [2.45, 2.75) is 6.61 Å². The van der Waals surface area contributed by atoms with Gasteiger partial charge in [-0.2, -0.15) is 0 Å². The number of carbonyl (C=O) groups excluding carboxylic acids is 1. The first-order valence-corrected chi connectivity index (χ1v) is 9.03. The lowest BCUT2D eigenvalue weighted by molar-refractivity contribution is 0.102. The molecule has 1 amide bonds. The third-order valence-electron chi connectivity index (χ3n) is 4.32. The molecule has 0 radical (unpaired) electrons. The zero-order valence-corrected chi connectivity index (χ0v) is 16.6. The highest BCUT2D eigenvalue weighted by molar-refractivity contribution is 6.05. The van der Waals surface area contributed by atoms with Gasteiger partial charge >= 0.3 is 0 Å². The standard InChI is InChI=1S/C23H23NO5/c1-26-20-13-17(14-21(27-2)22(20)28-3)24-23(25)19-12-8-7-9-16(19)15-29-18-10-5-4-6-11-18/h4-14H,15H2,1-3H3,(H,24,25). The number of carbonyl (C=O) groups is 1. The second kappa shape index (κ2) is 9.50. The van der Waals surface area contributed by atoms with Gasteiger partial charge in [-0.1, -0.05) is 36.4 Å². The van der Waals surface area contributed by atoms with E-state index in [0.717, 1.165) is 11.3 Å². The van der Waals surface area contributed by atoms with Crippen molar-refractivity contribution in [2.24, 2.45) is 0 Å². The van der Waals surface area contributed by atoms with Crippen molar-refractivity contribution in [1.29, 1.82) is 0 Å². The van der Waals surface area contributed by atoms with Crippen molar-refractivity contribution in [1.82, 2.24) is 0 Å². The second-order valence-corrected chi connectivity index (χ2v) is 6.13. The van der Waals surface area contributed by atoms with E-state index >= 15 is 0 Å². The van der Waals surface area contributed by atoms with Crippen LogP contribution in [0.15, 0.2) is 66.7 Å². The molecule has 0 spiro atoms. The quantitative estimate of drug-likeness (QED) is 0.608. The summed E-state index contributed by atoms with van der Waals surface area (Å²) < 4.78 is 21.8. The maximum atomic E-state index is 12.9. The molecule has 0 unspecified atom stereocenters. The summed E-state index contributed by atoms with van der Waals surface area (Å²) in [4.78, 5) is 12.9. The summed E-state index contributed by atoms with van der Waals surface area (Å²) in [5.41, 5.74) is 1.83. The predicted molar refractivity (Wildman–Crippen MR) is 111 cm³/mol. The Morgan fingerprint density at radius 1 is 0.828 bits per heavy atom. The zero-order chi connectivity index (χ0) is 20.6. The number of para-hydroxylation sites is 1. The molecule has 0 saturated heterocycles. The lowest BCUT2D eigenvalue weighted by atomic mass is 10.1. The summed E-state index contributed by atoms with van der Waals surface area (Å²) >= 11 is 0. The van der Waals surface area contributed by atoms with Crippen LogP contribution >= 0.6 is 0 Å². The van der Waals surface area contributed by atoms with E-state index in [1.165, 1.54) is 21.3 Å². The Bertz CT molecular complexity index is 947. The molecule has 0 aliphatic rings. The van der Waals surface area contributed by atoms with Gasteiger partial charge in [-0.15, -0.1) is 0 Å². The van der Waals surface area contributed by atoms with E-state index in [2.05, 4.69) is 5.32 Å². The molecule has 3 aromatic rings. The lowest BCUT2D eigenvalue weighted by Gasteiger charge is -2.15. The first-order valence-electron chi connectivity index (χ1n) is 9.03. The fourth-order valence-electron chi connectivity index (χ4n) is 2.90. The normalized spacial score (nSPS) is 10.2. The number of benzene rings is 3. The van der Waals surface area contributed by atoms with Crippen molar-refractivity contribution < 1.29 is 23.7 Å². The summed E-state index contributed by atoms with van der Waals surface area (Å²) in [6, 6.07) is 20.2. The van der Waals surface area contributed by atoms with Crippen LogP contribution in [0.25, 0.3) is 0 Å². The van der Waals surface area contributed by atoms with Crippen LogP contribution in [-0.2, 0) is 6.61 Å². The number of hydrogen-bond donors (Lipinski definition) is 1. The fourth-order valence-corrected chi connectivity index (χ4v) is 2.90. The number of ether oxygens (including phenoxy) is 4. The summed E-state index contributed by atoms with van der Waals surface area (Å²) in [5.74, 6) is 1.87. The average molecular weight is 393 g/mol. The third kappa shape index (κ3) is 4.79. The predicted octanol–water partition coefficient (Wildman–Crippen LogP) is 4.54. The molecule has 150 valence electrons. The van der Waals surface area contributed by atoms with Crippen LogP contribution in [0.2, 0.25) is 0 Å². The Hall–Kier alpha value is -3.67. The van der Waals surface area contributed by atoms with Gasteiger partial charge < -0.3 is 24.3 Å². The monoisotopic (exact) mass is 393 g/mol. The molecule has 3 aromatic carbocycles. The number of nitrogens with one attached hydrogen (secondary N) is 1. The maximum Gasteiger partial charge on any atom is 0.256 e. The van der Waals surface area contributed by atoms with Gasteiger partial charge in [0.05, 0.1) is 21.3 Å². The maximum absolute atomic E-state index is 12.9. The zero-order valence-electron chi connectivity index (χ0n) is 16.6. The molecule has 0 fully saturated rings. The molecule has 0 saturated carbocycles. The highest BCUT2D eigenvalue weighted by Crippen LogP contribution is 2.40. The van der Waals surface area contributed by atoms with E-state index in [4.69, 9.17) is 18.9 Å². The minimum Gasteiger partial charge on any atom is -0.493 e. The van der Waals surface area contributed by atoms with Crippen LogP contribution in [-0.4, -0.2) is 27.2 Å². The van der Waals surface area contributed by atoms with Crippen LogP contribution in [0.3, 0.4) is 0 Å². The molecular weight excluding hydrogens is 370 g/mol. The average Bonchev–Trinajstić information content (AvgIpc) is 2.77. The molecule has 0 aliphatic carbocycles. The Balaban J connectivity index is 1.81. The van der Waals surface area contributed by atoms with E-state index in [1.54, 1.807) is 18.2 Å². The smallest absolute Gasteiger partial charge is 0.256 e. The van der Waals surface area contributed by atoms with Gasteiger partial charge in [-0.3, -0.25) is 4.79 Å². The summed E-state index contributed by atoms with van der Waals surface area (Å²) in [6.45, 7) is 0.281. The van der Waals surface area contributed by atoms with Gasteiger partial charge in [-0.05, 0) is 18.2 Å². The Labute approximate surface area is 170 Å². The molecule has 0 aromatic heterocycles. The van der Waals surface area contributed by atoms with E-state index < -0.39 is 0 Å². The highest BCUT2D eigenvalue weighted by Gasteiger charge is 2.16. The first-order chi connectivity index (χ1) is 14.2. The van der Waals surface area contributed by atoms with Gasteiger partial charge in [0.1, 0.15) is 12.4 Å². The Morgan fingerprint density at radius 2 is 1.45 bits per heavy atom. The summed E-state index contributed by atoms with van der Waals surface area (Å²) in [7, 11) is 4.58. The molecule has 0 bridgehead atoms. The van der Waals surface area contributed by atoms with Crippen LogP contribution in [0, 0.1) is 0 Å². The molecule has 0 aliphatic heterocycles. The second-order valence-electron chi connectivity index (χ2n) is 6.13. The lowest BCUT2D eigenvalue weighted by Crippen LogP contribution is -2.15. The fraction of sp³-hybridized carbons (Fsp3) is 0.174. The van der Waals surface area contributed by atoms with Crippen LogP contribution in [0.5, 0.6) is 23.0 Å². The topological polar surface area (TPSA) is 66.0 Å². The van der Waals surface area contributed by atoms with E-state index in [-0.39, 0.29) is 12.5 Å². The van der Waals surface area contributed by atoms with Crippen LogP contribution in [0.1, 0.15) is 15.9 Å². The van der Waals surface area contributed by atoms with Gasteiger partial charge in [0.2, 0.25) is 5.75 Å². The van der Waals surface area contributed by atoms with Crippen molar-refractivity contribution in [3.63, 3.8) is 0 Å². The van der Waals surface area contributed by atoms with Crippen molar-refractivity contribution in [2.75, 3.05) is 26.6 Å². The molecule has 29 heavy (non-hydrogen) atoms. The molecule has 0 atom stereocenters. The minimum absolute atomic E-state index is 0.258. The van der Waals surface area contributed by atoms with Crippen molar-refractivity contribution in [3.05, 3.63) is 77.9 Å². The molecular formula is C23H23NO5. The number of amides is 1. The SMILES string of the molecule is COc1cc(NC(=O)c2ccccc2COc2ccccc2)cc(OC)c1OC. The van der Waals surface area contributed by atoms with Crippen molar-refractivity contribution in [3.8, 4) is 23.0 Å². The number of methoxy groups -OCH3 is 3. The molecule has 6 heteroatoms. The van der Waals surface area contributed by atoms with Gasteiger partial charge in [-0.25, -0.2) is 0 Å². The molecule has 1 N–H and O–H groups in total. The number of hydrogen-bond acceptors (Lipinski definition) is 5. The Morgan fingerprint density at radius 3 is 2.07 bits per heavy atom. The Kier molecular flexibility index (Phi) is 6.58. The third-order valence-corrected chi connectivity index (χ3v) is 4.32. The number of rotatable bonds is 8. The highest BCUT2D eigenvalue weighted by atomic mass is 16.5. The van der Waals surface area contributed by atoms with E-state index in [0.29, 0.717) is 28.5 Å². The first kappa shape index (κ1) is 20.1. The summed E-state index contributed by atoms with van der Waals surface area (Å²) in [5, 5.41) is 2.89. The van der Waals surface area contributed by atoms with E-state index in [9.17, 15) is 4.79 Å². The molecule has 3 rings (SSSR count). The summed E-state index contributed by atoms with van der Waals surface area (Å²) in [6.07, 6.45) is 0. The molecule has 6 nitrogen and oxygen atoms in total. The minimum atomic E-state index is -0.258. The van der Waals surface area contributed by atoms with Gasteiger partial charge in [0.25, 0.3) is 5.91 Å². The van der Waals surface area contributed by atoms with Gasteiger partial charge in [0.15, 0.2) is 11.5 Å². The van der Waals surface area contributed by atoms with Gasteiger partial charge in [0, 0.05) is 28.9 Å². The molecule has 0 heterocycles. The van der Waals surface area contributed by atoms with Crippen molar-refractivity contribution >= 4 is 11.6 Å². The van der Waals surface area contributed by atoms with Crippen LogP contribution in [0.4, 0.5) is 5.69 Å².